The first kappa shape index (κ1) is 28.3. The Hall–Kier alpha value is -4.26. The number of nitrogens with zero attached hydrogens (tertiary/aromatic N) is 1. The number of hydrogen-bond donors (Lipinski definition) is 1. The van der Waals surface area contributed by atoms with Gasteiger partial charge in [0.15, 0.2) is 11.5 Å². The molecule has 1 amide bonds. The molecule has 0 unspecified atom stereocenters. The van der Waals surface area contributed by atoms with E-state index in [1.807, 2.05) is 74.5 Å². The maximum atomic E-state index is 13.6. The lowest BCUT2D eigenvalue weighted by Crippen LogP contribution is -2.31. The van der Waals surface area contributed by atoms with Gasteiger partial charge in [0.1, 0.15) is 17.6 Å². The van der Waals surface area contributed by atoms with E-state index in [1.54, 1.807) is 11.0 Å². The normalized spacial score (nSPS) is 19.2. The number of hydrogen-bond acceptors (Lipinski definition) is 6. The number of aliphatic hydroxyl groups excluding tert-OH is 1. The molecule has 7 heteroatoms. The molecule has 7 nitrogen and oxygen atoms in total. The summed E-state index contributed by atoms with van der Waals surface area (Å²) in [6.07, 6.45) is 3.24. The molecule has 0 bridgehead atoms. The zero-order chi connectivity index (χ0) is 28.9. The Labute approximate surface area is 241 Å². The van der Waals surface area contributed by atoms with Crippen molar-refractivity contribution in [2.45, 2.75) is 58.6 Å². The lowest BCUT2D eigenvalue weighted by molar-refractivity contribution is -0.139. The molecule has 2 atom stereocenters. The van der Waals surface area contributed by atoms with Crippen molar-refractivity contribution in [2.75, 3.05) is 19.8 Å². The second kappa shape index (κ2) is 12.5. The van der Waals surface area contributed by atoms with Crippen LogP contribution in [0.5, 0.6) is 17.2 Å². The van der Waals surface area contributed by atoms with Gasteiger partial charge >= 0.3 is 0 Å². The van der Waals surface area contributed by atoms with Crippen molar-refractivity contribution in [3.8, 4) is 17.2 Å². The van der Waals surface area contributed by atoms with Crippen LogP contribution >= 0.6 is 0 Å². The Morgan fingerprint density at radius 3 is 2.56 bits per heavy atom. The smallest absolute Gasteiger partial charge is 0.295 e. The van der Waals surface area contributed by atoms with E-state index in [1.165, 1.54) is 0 Å². The number of aliphatic hydroxyl groups is 1. The number of rotatable bonds is 11. The van der Waals surface area contributed by atoms with Crippen LogP contribution in [-0.4, -0.2) is 47.6 Å². The van der Waals surface area contributed by atoms with Crippen LogP contribution in [0.2, 0.25) is 0 Å². The largest absolute Gasteiger partial charge is 0.507 e. The fourth-order valence-electron chi connectivity index (χ4n) is 5.49. The number of ketones is 1. The van der Waals surface area contributed by atoms with E-state index in [-0.39, 0.29) is 17.4 Å². The summed E-state index contributed by atoms with van der Waals surface area (Å²) in [5.41, 5.74) is 3.23. The van der Waals surface area contributed by atoms with Crippen molar-refractivity contribution in [1.82, 2.24) is 4.90 Å². The molecule has 3 aromatic rings. The van der Waals surface area contributed by atoms with Crippen molar-refractivity contribution >= 4 is 17.4 Å². The first-order valence-electron chi connectivity index (χ1n) is 14.4. The summed E-state index contributed by atoms with van der Waals surface area (Å²) >= 11 is 0. The minimum atomic E-state index is -0.786. The van der Waals surface area contributed by atoms with Gasteiger partial charge in [0.25, 0.3) is 11.7 Å². The average molecular weight is 556 g/mol. The fourth-order valence-corrected chi connectivity index (χ4v) is 5.49. The number of Topliss-reactive ketones (excluding diaryl/α,β-unsaturated/α-hetero) is 1. The molecule has 2 heterocycles. The summed E-state index contributed by atoms with van der Waals surface area (Å²) in [5.74, 6) is 0.392. The number of likely N-dealkylation sites (tertiary alicyclic amines) is 1. The number of carbonyl (C=O) groups excluding carboxylic acids is 2. The lowest BCUT2D eigenvalue weighted by atomic mass is 9.94. The topological polar surface area (TPSA) is 85.3 Å². The highest BCUT2D eigenvalue weighted by Crippen LogP contribution is 2.43. The third-order valence-electron chi connectivity index (χ3n) is 7.53. The number of amides is 1. The SMILES string of the molecule is CCCCOc1ccc([C@@H]2/C(=C(\O)c3ccc4c(c3)C[C@H](C)O4)C(=O)C(=O)N2CCc2ccccc2)cc1OCC. The zero-order valence-electron chi connectivity index (χ0n) is 23.9. The third kappa shape index (κ3) is 5.94. The van der Waals surface area contributed by atoms with E-state index in [2.05, 4.69) is 6.92 Å². The number of fused-ring (bicyclic) bond motifs is 1. The summed E-state index contributed by atoms with van der Waals surface area (Å²) < 4.78 is 17.7. The molecule has 1 fully saturated rings. The summed E-state index contributed by atoms with van der Waals surface area (Å²) in [6, 6.07) is 19.9. The second-order valence-corrected chi connectivity index (χ2v) is 10.5. The lowest BCUT2D eigenvalue weighted by Gasteiger charge is -2.26. The van der Waals surface area contributed by atoms with Crippen molar-refractivity contribution in [2.24, 2.45) is 0 Å². The van der Waals surface area contributed by atoms with E-state index in [0.717, 1.165) is 29.7 Å². The van der Waals surface area contributed by atoms with Gasteiger partial charge in [0.2, 0.25) is 0 Å². The minimum absolute atomic E-state index is 0.0426. The molecule has 1 saturated heterocycles. The Kier molecular flexibility index (Phi) is 8.62. The molecule has 2 aliphatic rings. The van der Waals surface area contributed by atoms with Crippen LogP contribution in [-0.2, 0) is 22.4 Å². The molecule has 41 heavy (non-hydrogen) atoms. The van der Waals surface area contributed by atoms with Crippen molar-refractivity contribution < 1.29 is 28.9 Å². The van der Waals surface area contributed by atoms with E-state index in [4.69, 9.17) is 14.2 Å². The van der Waals surface area contributed by atoms with Gasteiger partial charge in [-0.15, -0.1) is 0 Å². The fraction of sp³-hybridized carbons (Fsp3) is 0.353. The van der Waals surface area contributed by atoms with Crippen LogP contribution in [0.25, 0.3) is 5.76 Å². The number of carbonyl (C=O) groups is 2. The maximum absolute atomic E-state index is 13.6. The van der Waals surface area contributed by atoms with Crippen LogP contribution in [0.15, 0.2) is 72.3 Å². The predicted octanol–water partition coefficient (Wildman–Crippen LogP) is 6.25. The maximum Gasteiger partial charge on any atom is 0.295 e. The summed E-state index contributed by atoms with van der Waals surface area (Å²) in [6.45, 7) is 7.28. The number of ether oxygens (including phenoxy) is 3. The van der Waals surface area contributed by atoms with Crippen LogP contribution in [0.3, 0.4) is 0 Å². The van der Waals surface area contributed by atoms with Gasteiger partial charge in [-0.2, -0.15) is 0 Å². The Morgan fingerprint density at radius 1 is 1.00 bits per heavy atom. The van der Waals surface area contributed by atoms with Crippen LogP contribution < -0.4 is 14.2 Å². The summed E-state index contributed by atoms with van der Waals surface area (Å²) in [4.78, 5) is 28.6. The highest BCUT2D eigenvalue weighted by atomic mass is 16.5. The van der Waals surface area contributed by atoms with Gasteiger partial charge in [-0.25, -0.2) is 0 Å². The molecule has 0 aromatic heterocycles. The Balaban J connectivity index is 1.58. The molecule has 0 radical (unpaired) electrons. The first-order chi connectivity index (χ1) is 19.9. The van der Waals surface area contributed by atoms with Gasteiger partial charge in [0.05, 0.1) is 24.8 Å². The van der Waals surface area contributed by atoms with E-state index in [0.29, 0.717) is 55.2 Å². The standard InChI is InChI=1S/C34H37NO6/c1-4-6-18-40-28-15-12-24(21-29(28)39-5-2)31-30(32(36)25-13-14-27-26(20-25)19-22(3)41-27)33(37)34(38)35(31)17-16-23-10-8-7-9-11-23/h7-15,20-22,31,36H,4-6,16-19H2,1-3H3/b32-30+/t22-,31+/m0/s1. The van der Waals surface area contributed by atoms with Crippen LogP contribution in [0.4, 0.5) is 0 Å². The molecular weight excluding hydrogens is 518 g/mol. The van der Waals surface area contributed by atoms with Crippen LogP contribution in [0.1, 0.15) is 61.9 Å². The number of unbranched alkanes of at least 4 members (excludes halogenated alkanes) is 1. The van der Waals surface area contributed by atoms with Gasteiger partial charge < -0.3 is 24.2 Å². The Bertz CT molecular complexity index is 1450. The molecule has 1 N–H and O–H groups in total. The minimum Gasteiger partial charge on any atom is -0.507 e. The second-order valence-electron chi connectivity index (χ2n) is 10.5. The third-order valence-corrected chi connectivity index (χ3v) is 7.53. The zero-order valence-corrected chi connectivity index (χ0v) is 23.9. The first-order valence-corrected chi connectivity index (χ1v) is 14.4. The summed E-state index contributed by atoms with van der Waals surface area (Å²) in [7, 11) is 0. The molecule has 2 aliphatic heterocycles. The Morgan fingerprint density at radius 2 is 1.80 bits per heavy atom. The highest BCUT2D eigenvalue weighted by Gasteiger charge is 2.46. The molecule has 5 rings (SSSR count). The van der Waals surface area contributed by atoms with Crippen molar-refractivity contribution in [1.29, 1.82) is 0 Å². The molecule has 0 saturated carbocycles. The van der Waals surface area contributed by atoms with E-state index < -0.39 is 17.7 Å². The quantitative estimate of drug-likeness (QED) is 0.130. The monoisotopic (exact) mass is 555 g/mol. The van der Waals surface area contributed by atoms with Gasteiger partial charge in [-0.1, -0.05) is 49.7 Å². The molecule has 0 spiro atoms. The summed E-state index contributed by atoms with van der Waals surface area (Å²) in [5, 5.41) is 11.6. The average Bonchev–Trinajstić information content (AvgIpc) is 3.48. The van der Waals surface area contributed by atoms with Crippen molar-refractivity contribution in [3.05, 3.63) is 94.6 Å². The molecule has 0 aliphatic carbocycles. The van der Waals surface area contributed by atoms with E-state index in [9.17, 15) is 14.7 Å². The van der Waals surface area contributed by atoms with Gasteiger partial charge in [0, 0.05) is 18.5 Å². The number of benzene rings is 3. The van der Waals surface area contributed by atoms with Crippen molar-refractivity contribution in [3.63, 3.8) is 0 Å². The molecule has 3 aromatic carbocycles. The molecule has 214 valence electrons. The van der Waals surface area contributed by atoms with Gasteiger partial charge in [-0.05, 0) is 73.7 Å². The van der Waals surface area contributed by atoms with E-state index >= 15 is 0 Å². The van der Waals surface area contributed by atoms with Gasteiger partial charge in [-0.3, -0.25) is 9.59 Å². The van der Waals surface area contributed by atoms with Crippen LogP contribution in [0, 0.1) is 0 Å². The highest BCUT2D eigenvalue weighted by molar-refractivity contribution is 6.46. The molecular formula is C34H37NO6. The predicted molar refractivity (Wildman–Crippen MR) is 157 cm³/mol.